The highest BCUT2D eigenvalue weighted by molar-refractivity contribution is 5.96. The minimum atomic E-state index is -0.459. The van der Waals surface area contributed by atoms with Crippen molar-refractivity contribution in [3.8, 4) is 0 Å². The predicted molar refractivity (Wildman–Crippen MR) is 94.0 cm³/mol. The molecule has 1 aromatic heterocycles. The maximum Gasteiger partial charge on any atom is 0.410 e. The van der Waals surface area contributed by atoms with E-state index in [4.69, 9.17) is 4.74 Å². The molecule has 0 unspecified atom stereocenters. The summed E-state index contributed by atoms with van der Waals surface area (Å²) in [6.07, 6.45) is 4.70. The first-order valence-corrected chi connectivity index (χ1v) is 8.55. The maximum atomic E-state index is 12.2. The molecule has 1 aromatic rings. The topological polar surface area (TPSA) is 90.9 Å². The van der Waals surface area contributed by atoms with E-state index in [-0.39, 0.29) is 12.5 Å². The van der Waals surface area contributed by atoms with E-state index in [1.165, 1.54) is 11.3 Å². The van der Waals surface area contributed by atoms with Gasteiger partial charge in [-0.05, 0) is 19.3 Å². The molecule has 0 spiro atoms. The zero-order chi connectivity index (χ0) is 17.8. The molecule has 0 saturated carbocycles. The minimum absolute atomic E-state index is 0.0421. The third kappa shape index (κ3) is 4.09. The van der Waals surface area contributed by atoms with Crippen molar-refractivity contribution in [3.63, 3.8) is 0 Å². The van der Waals surface area contributed by atoms with Crippen molar-refractivity contribution >= 4 is 29.5 Å². The molecule has 3 heterocycles. The lowest BCUT2D eigenvalue weighted by Crippen LogP contribution is -2.34. The Bertz CT molecular complexity index is 645. The SMILES string of the molecule is CN(C)c1nc(N2CCCCC2)ncc1NC(=O)CN1CCOC1=O. The highest BCUT2D eigenvalue weighted by Gasteiger charge is 2.25. The minimum Gasteiger partial charge on any atom is -0.448 e. The summed E-state index contributed by atoms with van der Waals surface area (Å²) >= 11 is 0. The van der Waals surface area contributed by atoms with E-state index in [0.29, 0.717) is 30.6 Å². The number of ether oxygens (including phenoxy) is 1. The molecular weight excluding hydrogens is 324 g/mol. The summed E-state index contributed by atoms with van der Waals surface area (Å²) in [6.45, 7) is 2.62. The van der Waals surface area contributed by atoms with Gasteiger partial charge < -0.3 is 19.9 Å². The van der Waals surface area contributed by atoms with Crippen LogP contribution in [0.4, 0.5) is 22.2 Å². The van der Waals surface area contributed by atoms with Crippen molar-refractivity contribution in [3.05, 3.63) is 6.20 Å². The Hall–Kier alpha value is -2.58. The number of hydrogen-bond acceptors (Lipinski definition) is 7. The van der Waals surface area contributed by atoms with Crippen molar-refractivity contribution in [2.45, 2.75) is 19.3 Å². The monoisotopic (exact) mass is 348 g/mol. The van der Waals surface area contributed by atoms with Gasteiger partial charge in [-0.3, -0.25) is 9.69 Å². The van der Waals surface area contributed by atoms with E-state index in [2.05, 4.69) is 20.2 Å². The number of aromatic nitrogens is 2. The van der Waals surface area contributed by atoms with E-state index in [1.807, 2.05) is 19.0 Å². The lowest BCUT2D eigenvalue weighted by atomic mass is 10.1. The van der Waals surface area contributed by atoms with E-state index < -0.39 is 6.09 Å². The molecule has 0 bridgehead atoms. The number of nitrogens with one attached hydrogen (secondary N) is 1. The van der Waals surface area contributed by atoms with Gasteiger partial charge in [0.2, 0.25) is 11.9 Å². The fourth-order valence-corrected chi connectivity index (χ4v) is 2.97. The van der Waals surface area contributed by atoms with Gasteiger partial charge in [0.1, 0.15) is 18.8 Å². The first kappa shape index (κ1) is 17.2. The average Bonchev–Trinajstić information content (AvgIpc) is 3.00. The van der Waals surface area contributed by atoms with Crippen molar-refractivity contribution in [2.24, 2.45) is 0 Å². The highest BCUT2D eigenvalue weighted by Crippen LogP contribution is 2.25. The molecule has 9 heteroatoms. The molecule has 9 nitrogen and oxygen atoms in total. The summed E-state index contributed by atoms with van der Waals surface area (Å²) in [5.74, 6) is 1.04. The van der Waals surface area contributed by atoms with Crippen LogP contribution < -0.4 is 15.1 Å². The summed E-state index contributed by atoms with van der Waals surface area (Å²) in [7, 11) is 3.74. The van der Waals surface area contributed by atoms with Crippen LogP contribution in [-0.4, -0.2) is 73.7 Å². The Kier molecular flexibility index (Phi) is 5.20. The number of anilines is 3. The summed E-state index contributed by atoms with van der Waals surface area (Å²) in [4.78, 5) is 38.1. The Labute approximate surface area is 147 Å². The third-order valence-corrected chi connectivity index (χ3v) is 4.27. The van der Waals surface area contributed by atoms with Crippen LogP contribution in [0.15, 0.2) is 6.20 Å². The number of rotatable bonds is 5. The van der Waals surface area contributed by atoms with Crippen molar-refractivity contribution in [1.82, 2.24) is 14.9 Å². The van der Waals surface area contributed by atoms with Crippen molar-refractivity contribution in [2.75, 3.05) is 62.0 Å². The van der Waals surface area contributed by atoms with Crippen LogP contribution in [0.25, 0.3) is 0 Å². The lowest BCUT2D eigenvalue weighted by Gasteiger charge is -2.28. The van der Waals surface area contributed by atoms with Gasteiger partial charge in [-0.15, -0.1) is 0 Å². The molecule has 25 heavy (non-hydrogen) atoms. The molecule has 0 aliphatic carbocycles. The van der Waals surface area contributed by atoms with E-state index in [9.17, 15) is 9.59 Å². The van der Waals surface area contributed by atoms with Gasteiger partial charge in [-0.25, -0.2) is 9.78 Å². The summed E-state index contributed by atoms with van der Waals surface area (Å²) in [6, 6.07) is 0. The first-order valence-electron chi connectivity index (χ1n) is 8.55. The molecule has 0 atom stereocenters. The molecule has 0 radical (unpaired) electrons. The van der Waals surface area contributed by atoms with E-state index in [1.54, 1.807) is 6.20 Å². The van der Waals surface area contributed by atoms with Gasteiger partial charge in [-0.2, -0.15) is 4.98 Å². The fraction of sp³-hybridized carbons (Fsp3) is 0.625. The predicted octanol–water partition coefficient (Wildman–Crippen LogP) is 0.924. The second kappa shape index (κ2) is 7.54. The third-order valence-electron chi connectivity index (χ3n) is 4.27. The van der Waals surface area contributed by atoms with Crippen LogP contribution in [0, 0.1) is 0 Å². The summed E-state index contributed by atoms with van der Waals surface area (Å²) in [5.41, 5.74) is 0.531. The Morgan fingerprint density at radius 3 is 2.68 bits per heavy atom. The molecule has 2 aliphatic heterocycles. The summed E-state index contributed by atoms with van der Waals surface area (Å²) < 4.78 is 4.83. The summed E-state index contributed by atoms with van der Waals surface area (Å²) in [5, 5.41) is 2.80. The van der Waals surface area contributed by atoms with Gasteiger partial charge in [0.15, 0.2) is 5.82 Å². The van der Waals surface area contributed by atoms with Crippen LogP contribution >= 0.6 is 0 Å². The standard InChI is InChI=1S/C16H24N6O3/c1-20(2)14-12(18-13(23)11-22-8-9-25-16(22)24)10-17-15(19-14)21-6-4-3-5-7-21/h10H,3-9,11H2,1-2H3,(H,18,23). The molecule has 2 amide bonds. The lowest BCUT2D eigenvalue weighted by molar-refractivity contribution is -0.116. The Morgan fingerprint density at radius 2 is 2.04 bits per heavy atom. The average molecular weight is 348 g/mol. The smallest absolute Gasteiger partial charge is 0.410 e. The zero-order valence-corrected chi connectivity index (χ0v) is 14.7. The second-order valence-electron chi connectivity index (χ2n) is 6.43. The van der Waals surface area contributed by atoms with E-state index >= 15 is 0 Å². The molecule has 3 rings (SSSR count). The van der Waals surface area contributed by atoms with Crippen LogP contribution in [-0.2, 0) is 9.53 Å². The van der Waals surface area contributed by atoms with E-state index in [0.717, 1.165) is 25.9 Å². The number of cyclic esters (lactones) is 1. The normalized spacial score (nSPS) is 17.4. The molecular formula is C16H24N6O3. The van der Waals surface area contributed by atoms with Gasteiger partial charge in [0, 0.05) is 27.2 Å². The second-order valence-corrected chi connectivity index (χ2v) is 6.43. The van der Waals surface area contributed by atoms with Gasteiger partial charge in [-0.1, -0.05) is 0 Å². The molecule has 2 saturated heterocycles. The first-order chi connectivity index (χ1) is 12.0. The Morgan fingerprint density at radius 1 is 1.28 bits per heavy atom. The zero-order valence-electron chi connectivity index (χ0n) is 14.7. The highest BCUT2D eigenvalue weighted by atomic mass is 16.6. The van der Waals surface area contributed by atoms with Crippen LogP contribution in [0.5, 0.6) is 0 Å². The number of carbonyl (C=O) groups is 2. The quantitative estimate of drug-likeness (QED) is 0.846. The Balaban J connectivity index is 1.71. The van der Waals surface area contributed by atoms with Gasteiger partial charge in [0.25, 0.3) is 0 Å². The number of piperidine rings is 1. The van der Waals surface area contributed by atoms with Crippen LogP contribution in [0.3, 0.4) is 0 Å². The number of carbonyl (C=O) groups excluding carboxylic acids is 2. The van der Waals surface area contributed by atoms with Crippen molar-refractivity contribution < 1.29 is 14.3 Å². The molecule has 136 valence electrons. The largest absolute Gasteiger partial charge is 0.448 e. The van der Waals surface area contributed by atoms with Gasteiger partial charge >= 0.3 is 6.09 Å². The molecule has 1 N–H and O–H groups in total. The van der Waals surface area contributed by atoms with Gasteiger partial charge in [0.05, 0.1) is 12.7 Å². The van der Waals surface area contributed by atoms with Crippen LogP contribution in [0.1, 0.15) is 19.3 Å². The fourth-order valence-electron chi connectivity index (χ4n) is 2.97. The number of nitrogens with zero attached hydrogens (tertiary/aromatic N) is 5. The van der Waals surface area contributed by atoms with Crippen LogP contribution in [0.2, 0.25) is 0 Å². The van der Waals surface area contributed by atoms with Crippen molar-refractivity contribution in [1.29, 1.82) is 0 Å². The molecule has 2 fully saturated rings. The maximum absolute atomic E-state index is 12.2. The molecule has 2 aliphatic rings. The number of amides is 2. The number of hydrogen-bond donors (Lipinski definition) is 1. The molecule has 0 aromatic carbocycles.